The van der Waals surface area contributed by atoms with Gasteiger partial charge in [-0.2, -0.15) is 0 Å². The van der Waals surface area contributed by atoms with E-state index < -0.39 is 10.0 Å². The summed E-state index contributed by atoms with van der Waals surface area (Å²) >= 11 is 6.04. The highest BCUT2D eigenvalue weighted by molar-refractivity contribution is 7.89. The molecule has 25 heavy (non-hydrogen) atoms. The highest BCUT2D eigenvalue weighted by Crippen LogP contribution is 2.24. The summed E-state index contributed by atoms with van der Waals surface area (Å²) in [5.41, 5.74) is 1.08. The molecule has 1 aliphatic heterocycles. The van der Waals surface area contributed by atoms with Crippen LogP contribution in [0.25, 0.3) is 0 Å². The van der Waals surface area contributed by atoms with Gasteiger partial charge in [-0.1, -0.05) is 54.1 Å². The number of sulfonamides is 1. The molecule has 0 spiro atoms. The van der Waals surface area contributed by atoms with Gasteiger partial charge < -0.3 is 4.74 Å². The summed E-state index contributed by atoms with van der Waals surface area (Å²) in [5, 5.41) is 0.220. The molecule has 2 aromatic rings. The quantitative estimate of drug-likeness (QED) is 0.837. The summed E-state index contributed by atoms with van der Waals surface area (Å²) < 4.78 is 33.4. The van der Waals surface area contributed by atoms with Crippen molar-refractivity contribution in [1.29, 1.82) is 0 Å². The van der Waals surface area contributed by atoms with Crippen molar-refractivity contribution in [2.75, 3.05) is 32.8 Å². The summed E-state index contributed by atoms with van der Waals surface area (Å²) in [6, 6.07) is 16.3. The molecule has 0 radical (unpaired) electrons. The predicted octanol–water partition coefficient (Wildman–Crippen LogP) is 2.69. The van der Waals surface area contributed by atoms with Crippen molar-refractivity contribution >= 4 is 21.6 Å². The van der Waals surface area contributed by atoms with E-state index in [2.05, 4.69) is 9.62 Å². The van der Waals surface area contributed by atoms with Gasteiger partial charge in [0.05, 0.1) is 18.2 Å². The number of halogens is 1. The lowest BCUT2D eigenvalue weighted by molar-refractivity contribution is 0.0172. The number of nitrogens with one attached hydrogen (secondary N) is 1. The number of morpholine rings is 1. The zero-order valence-corrected chi connectivity index (χ0v) is 15.3. The molecule has 0 amide bonds. The lowest BCUT2D eigenvalue weighted by atomic mass is 10.1. The molecule has 1 atom stereocenters. The third-order valence-corrected chi connectivity index (χ3v) is 6.19. The molecule has 134 valence electrons. The molecule has 1 heterocycles. The molecule has 1 N–H and O–H groups in total. The first-order chi connectivity index (χ1) is 12.1. The van der Waals surface area contributed by atoms with Crippen LogP contribution in [0.3, 0.4) is 0 Å². The average molecular weight is 381 g/mol. The summed E-state index contributed by atoms with van der Waals surface area (Å²) in [5.74, 6) is 0. The van der Waals surface area contributed by atoms with Crippen molar-refractivity contribution in [2.45, 2.75) is 10.9 Å². The molecule has 0 aromatic heterocycles. The van der Waals surface area contributed by atoms with E-state index in [0.29, 0.717) is 13.2 Å². The van der Waals surface area contributed by atoms with Crippen LogP contribution in [0.2, 0.25) is 5.02 Å². The summed E-state index contributed by atoms with van der Waals surface area (Å²) in [6.07, 6.45) is 0. The number of rotatable bonds is 6. The van der Waals surface area contributed by atoms with Gasteiger partial charge in [-0.15, -0.1) is 0 Å². The molecule has 1 saturated heterocycles. The monoisotopic (exact) mass is 380 g/mol. The summed E-state index contributed by atoms with van der Waals surface area (Å²) in [6.45, 7) is 3.12. The fourth-order valence-electron chi connectivity index (χ4n) is 2.95. The minimum atomic E-state index is -3.67. The summed E-state index contributed by atoms with van der Waals surface area (Å²) in [4.78, 5) is 2.35. The average Bonchev–Trinajstić information content (AvgIpc) is 2.64. The van der Waals surface area contributed by atoms with Crippen molar-refractivity contribution in [3.05, 3.63) is 65.2 Å². The standard InChI is InChI=1S/C18H21ClN2O3S/c19-16-8-4-5-9-18(16)25(22,23)20-14-17(15-6-2-1-3-7-15)21-10-12-24-13-11-21/h1-9,17,20H,10-14H2/t17-/m0/s1. The SMILES string of the molecule is O=S(=O)(NC[C@@H](c1ccccc1)N1CCOCC1)c1ccccc1Cl. The maximum absolute atomic E-state index is 12.6. The minimum Gasteiger partial charge on any atom is -0.379 e. The van der Waals surface area contributed by atoms with Crippen molar-refractivity contribution in [2.24, 2.45) is 0 Å². The van der Waals surface area contributed by atoms with Crippen LogP contribution in [0.15, 0.2) is 59.5 Å². The third kappa shape index (κ3) is 4.59. The van der Waals surface area contributed by atoms with Crippen LogP contribution in [0.5, 0.6) is 0 Å². The Kier molecular flexibility index (Phi) is 6.09. The topological polar surface area (TPSA) is 58.6 Å². The highest BCUT2D eigenvalue weighted by Gasteiger charge is 2.25. The van der Waals surface area contributed by atoms with E-state index in [1.165, 1.54) is 6.07 Å². The van der Waals surface area contributed by atoms with E-state index in [9.17, 15) is 8.42 Å². The molecule has 0 unspecified atom stereocenters. The Labute approximate surface area is 153 Å². The Bertz CT molecular complexity index is 793. The summed E-state index contributed by atoms with van der Waals surface area (Å²) in [7, 11) is -3.67. The van der Waals surface area contributed by atoms with E-state index in [4.69, 9.17) is 16.3 Å². The molecule has 7 heteroatoms. The largest absolute Gasteiger partial charge is 0.379 e. The van der Waals surface area contributed by atoms with Gasteiger partial charge in [0.25, 0.3) is 0 Å². The maximum Gasteiger partial charge on any atom is 0.242 e. The first-order valence-electron chi connectivity index (χ1n) is 8.19. The van der Waals surface area contributed by atoms with Gasteiger partial charge in [0.1, 0.15) is 4.90 Å². The molecule has 1 aliphatic rings. The molecule has 2 aromatic carbocycles. The predicted molar refractivity (Wildman–Crippen MR) is 98.2 cm³/mol. The first-order valence-corrected chi connectivity index (χ1v) is 10.0. The lowest BCUT2D eigenvalue weighted by Gasteiger charge is -2.34. The normalized spacial score (nSPS) is 17.3. The molecular weight excluding hydrogens is 360 g/mol. The van der Waals surface area contributed by atoms with E-state index in [-0.39, 0.29) is 22.5 Å². The van der Waals surface area contributed by atoms with Crippen LogP contribution in [0, 0.1) is 0 Å². The van der Waals surface area contributed by atoms with Gasteiger partial charge in [0.2, 0.25) is 10.0 Å². The molecule has 1 fully saturated rings. The molecule has 0 bridgehead atoms. The molecule has 0 saturated carbocycles. The fourth-order valence-corrected chi connectivity index (χ4v) is 4.51. The van der Waals surface area contributed by atoms with Gasteiger partial charge in [-0.25, -0.2) is 13.1 Å². The fraction of sp³-hybridized carbons (Fsp3) is 0.333. The van der Waals surface area contributed by atoms with Gasteiger partial charge in [0.15, 0.2) is 0 Å². The third-order valence-electron chi connectivity index (χ3n) is 4.26. The lowest BCUT2D eigenvalue weighted by Crippen LogP contribution is -2.43. The van der Waals surface area contributed by atoms with Gasteiger partial charge in [0, 0.05) is 25.7 Å². The van der Waals surface area contributed by atoms with E-state index in [1.54, 1.807) is 18.2 Å². The first kappa shape index (κ1) is 18.4. The Balaban J connectivity index is 1.80. The van der Waals surface area contributed by atoms with Crippen molar-refractivity contribution < 1.29 is 13.2 Å². The zero-order chi connectivity index (χ0) is 17.7. The highest BCUT2D eigenvalue weighted by atomic mass is 35.5. The van der Waals surface area contributed by atoms with Crippen molar-refractivity contribution in [3.63, 3.8) is 0 Å². The van der Waals surface area contributed by atoms with Gasteiger partial charge >= 0.3 is 0 Å². The van der Waals surface area contributed by atoms with Gasteiger partial charge in [-0.3, -0.25) is 4.90 Å². The Morgan fingerprint density at radius 1 is 1.04 bits per heavy atom. The molecule has 0 aliphatic carbocycles. The number of benzene rings is 2. The minimum absolute atomic E-state index is 0.0534. The number of hydrogen-bond acceptors (Lipinski definition) is 4. The molecule has 3 rings (SSSR count). The van der Waals surface area contributed by atoms with E-state index in [0.717, 1.165) is 18.7 Å². The second-order valence-corrected chi connectivity index (χ2v) is 8.00. The van der Waals surface area contributed by atoms with Crippen molar-refractivity contribution in [1.82, 2.24) is 9.62 Å². The van der Waals surface area contributed by atoms with Gasteiger partial charge in [-0.05, 0) is 17.7 Å². The van der Waals surface area contributed by atoms with Crippen LogP contribution in [-0.2, 0) is 14.8 Å². The maximum atomic E-state index is 12.6. The van der Waals surface area contributed by atoms with Crippen LogP contribution in [0.1, 0.15) is 11.6 Å². The number of ether oxygens (including phenoxy) is 1. The zero-order valence-electron chi connectivity index (χ0n) is 13.8. The molecule has 5 nitrogen and oxygen atoms in total. The van der Waals surface area contributed by atoms with Crippen molar-refractivity contribution in [3.8, 4) is 0 Å². The Morgan fingerprint density at radius 2 is 1.68 bits per heavy atom. The second kappa shape index (κ2) is 8.29. The Morgan fingerprint density at radius 3 is 2.36 bits per heavy atom. The van der Waals surface area contributed by atoms with Crippen LogP contribution >= 0.6 is 11.6 Å². The molecular formula is C18H21ClN2O3S. The number of nitrogens with zero attached hydrogens (tertiary/aromatic N) is 1. The van der Waals surface area contributed by atoms with Crippen LogP contribution < -0.4 is 4.72 Å². The number of hydrogen-bond donors (Lipinski definition) is 1. The smallest absolute Gasteiger partial charge is 0.242 e. The van der Waals surface area contributed by atoms with E-state index in [1.807, 2.05) is 30.3 Å². The van der Waals surface area contributed by atoms with E-state index >= 15 is 0 Å². The van der Waals surface area contributed by atoms with Crippen LogP contribution in [-0.4, -0.2) is 46.2 Å². The Hall–Kier alpha value is -1.44. The van der Waals surface area contributed by atoms with Crippen LogP contribution in [0.4, 0.5) is 0 Å². The second-order valence-electron chi connectivity index (χ2n) is 5.86.